The first-order chi connectivity index (χ1) is 15.9. The fourth-order valence-corrected chi connectivity index (χ4v) is 4.30. The van der Waals surface area contributed by atoms with Crippen LogP contribution >= 0.6 is 0 Å². The van der Waals surface area contributed by atoms with Crippen molar-refractivity contribution in [2.45, 2.75) is 31.7 Å². The van der Waals surface area contributed by atoms with E-state index in [1.807, 2.05) is 55.5 Å². The molecule has 1 aliphatic carbocycles. The molecule has 33 heavy (non-hydrogen) atoms. The van der Waals surface area contributed by atoms with Gasteiger partial charge in [-0.15, -0.1) is 0 Å². The Hall–Kier alpha value is -3.80. The number of aryl methyl sites for hydroxylation is 1. The van der Waals surface area contributed by atoms with E-state index in [2.05, 4.69) is 5.32 Å². The monoisotopic (exact) mass is 445 g/mol. The molecule has 0 radical (unpaired) electrons. The van der Waals surface area contributed by atoms with E-state index < -0.39 is 17.4 Å². The van der Waals surface area contributed by atoms with Gasteiger partial charge < -0.3 is 19.9 Å². The molecule has 3 aromatic rings. The topological polar surface area (TPSA) is 84.9 Å². The van der Waals surface area contributed by atoms with Crippen LogP contribution in [0.2, 0.25) is 0 Å². The fraction of sp³-hybridized carbons (Fsp3) is 0.259. The summed E-state index contributed by atoms with van der Waals surface area (Å²) in [5, 5.41) is 12.8. The van der Waals surface area contributed by atoms with E-state index >= 15 is 0 Å². The molecular weight excluding hydrogens is 418 g/mol. The number of carbonyl (C=O) groups is 2. The van der Waals surface area contributed by atoms with Gasteiger partial charge in [0.25, 0.3) is 5.91 Å². The van der Waals surface area contributed by atoms with Crippen LogP contribution in [-0.4, -0.2) is 36.2 Å². The van der Waals surface area contributed by atoms with Crippen LogP contribution in [0.1, 0.15) is 32.6 Å². The van der Waals surface area contributed by atoms with Crippen molar-refractivity contribution in [3.63, 3.8) is 0 Å². The second-order valence-corrected chi connectivity index (χ2v) is 8.41. The Balaban J connectivity index is 1.49. The predicted octanol–water partition coefficient (Wildman–Crippen LogP) is 3.98. The summed E-state index contributed by atoms with van der Waals surface area (Å²) in [6.45, 7) is 2.42. The number of hydrogen-bond acceptors (Lipinski definition) is 4. The van der Waals surface area contributed by atoms with Crippen molar-refractivity contribution in [2.24, 2.45) is 0 Å². The van der Waals surface area contributed by atoms with Crippen molar-refractivity contribution in [3.8, 4) is 11.5 Å². The first-order valence-corrected chi connectivity index (χ1v) is 10.9. The quantitative estimate of drug-likeness (QED) is 0.548. The molecule has 1 amide bonds. The minimum absolute atomic E-state index is 0.261. The van der Waals surface area contributed by atoms with Gasteiger partial charge in [0.1, 0.15) is 17.0 Å². The summed E-state index contributed by atoms with van der Waals surface area (Å²) in [5.41, 5.74) is 2.86. The number of methoxy groups -OCH3 is 1. The number of hydrogen-bond donors (Lipinski definition) is 2. The molecule has 0 atom stereocenters. The Bertz CT molecular complexity index is 1160. The number of fused-ring (bicyclic) bond motifs is 1. The maximum Gasteiger partial charge on any atom is 0.330 e. The number of carbonyl (C=O) groups excluding carboxylic acids is 1. The number of amides is 1. The third kappa shape index (κ3) is 4.85. The zero-order valence-electron chi connectivity index (χ0n) is 18.8. The lowest BCUT2D eigenvalue weighted by Gasteiger charge is -2.25. The average molecular weight is 446 g/mol. The van der Waals surface area contributed by atoms with Gasteiger partial charge >= 0.3 is 5.97 Å². The van der Waals surface area contributed by atoms with Crippen LogP contribution in [0.3, 0.4) is 0 Å². The highest BCUT2D eigenvalue weighted by atomic mass is 16.5. The molecule has 3 aromatic carbocycles. The molecule has 0 saturated carbocycles. The average Bonchev–Trinajstić information content (AvgIpc) is 3.18. The van der Waals surface area contributed by atoms with Gasteiger partial charge in [0.05, 0.1) is 13.7 Å². The number of carboxylic acid groups (broad SMARTS) is 1. The predicted molar refractivity (Wildman–Crippen MR) is 125 cm³/mol. The molecule has 6 nitrogen and oxygen atoms in total. The van der Waals surface area contributed by atoms with Crippen molar-refractivity contribution in [2.75, 3.05) is 13.7 Å². The summed E-state index contributed by atoms with van der Waals surface area (Å²) in [6, 6.07) is 20.5. The van der Waals surface area contributed by atoms with Gasteiger partial charge in [0.2, 0.25) is 0 Å². The van der Waals surface area contributed by atoms with Gasteiger partial charge in [-0.2, -0.15) is 0 Å². The van der Waals surface area contributed by atoms with E-state index in [0.29, 0.717) is 24.3 Å². The van der Waals surface area contributed by atoms with E-state index in [1.165, 1.54) is 0 Å². The molecule has 0 aliphatic heterocycles. The highest BCUT2D eigenvalue weighted by Gasteiger charge is 2.45. The van der Waals surface area contributed by atoms with Gasteiger partial charge in [-0.3, -0.25) is 4.79 Å². The molecule has 170 valence electrons. The van der Waals surface area contributed by atoms with Crippen molar-refractivity contribution in [3.05, 3.63) is 94.5 Å². The van der Waals surface area contributed by atoms with Crippen molar-refractivity contribution in [1.29, 1.82) is 0 Å². The second-order valence-electron chi connectivity index (χ2n) is 8.41. The highest BCUT2D eigenvalue weighted by molar-refractivity contribution is 5.98. The first kappa shape index (κ1) is 22.4. The normalized spacial score (nSPS) is 13.8. The lowest BCUT2D eigenvalue weighted by atomic mass is 9.95. The molecule has 0 aromatic heterocycles. The van der Waals surface area contributed by atoms with E-state index in [-0.39, 0.29) is 12.8 Å². The standard InChI is InChI=1S/C27H27NO5/c1-18-6-5-9-23(14-18)33-13-12-19-15-20(10-11-24(19)32-2)25(29)28-27(26(30)31)16-21-7-3-4-8-22(21)17-27/h3-11,14-15H,12-13,16-17H2,1-2H3,(H,28,29)(H,30,31). The Kier molecular flexibility index (Phi) is 6.36. The molecule has 1 aliphatic rings. The SMILES string of the molecule is COc1ccc(C(=O)NC2(C(=O)O)Cc3ccccc3C2)cc1CCOc1cccc(C)c1. The van der Waals surface area contributed by atoms with Crippen molar-refractivity contribution < 1.29 is 24.2 Å². The zero-order valence-corrected chi connectivity index (χ0v) is 18.8. The number of benzene rings is 3. The Morgan fingerprint density at radius 3 is 2.36 bits per heavy atom. The smallest absolute Gasteiger partial charge is 0.330 e. The van der Waals surface area contributed by atoms with Gasteiger partial charge in [0.15, 0.2) is 0 Å². The summed E-state index contributed by atoms with van der Waals surface area (Å²) in [6.07, 6.45) is 1.06. The minimum atomic E-state index is -1.35. The number of ether oxygens (including phenoxy) is 2. The molecule has 6 heteroatoms. The van der Waals surface area contributed by atoms with Gasteiger partial charge in [-0.25, -0.2) is 4.79 Å². The summed E-state index contributed by atoms with van der Waals surface area (Å²) >= 11 is 0. The maximum atomic E-state index is 13.1. The van der Waals surface area contributed by atoms with Crippen LogP contribution in [0.25, 0.3) is 0 Å². The highest BCUT2D eigenvalue weighted by Crippen LogP contribution is 2.31. The molecular formula is C27H27NO5. The fourth-order valence-electron chi connectivity index (χ4n) is 4.30. The molecule has 0 spiro atoms. The van der Waals surface area contributed by atoms with Crippen LogP contribution in [0.5, 0.6) is 11.5 Å². The number of carboxylic acids is 1. The lowest BCUT2D eigenvalue weighted by Crippen LogP contribution is -2.55. The molecule has 4 rings (SSSR count). The molecule has 0 saturated heterocycles. The summed E-state index contributed by atoms with van der Waals surface area (Å²) < 4.78 is 11.3. The van der Waals surface area contributed by atoms with Crippen LogP contribution in [-0.2, 0) is 24.1 Å². The van der Waals surface area contributed by atoms with Crippen LogP contribution < -0.4 is 14.8 Å². The third-order valence-electron chi connectivity index (χ3n) is 6.04. The van der Waals surface area contributed by atoms with Crippen LogP contribution in [0.15, 0.2) is 66.7 Å². The van der Waals surface area contributed by atoms with E-state index in [0.717, 1.165) is 28.0 Å². The largest absolute Gasteiger partial charge is 0.496 e. The summed E-state index contributed by atoms with van der Waals surface area (Å²) in [5.74, 6) is -0.0197. The van der Waals surface area contributed by atoms with E-state index in [1.54, 1.807) is 25.3 Å². The summed E-state index contributed by atoms with van der Waals surface area (Å²) in [7, 11) is 1.58. The minimum Gasteiger partial charge on any atom is -0.496 e. The third-order valence-corrected chi connectivity index (χ3v) is 6.04. The van der Waals surface area contributed by atoms with Crippen molar-refractivity contribution in [1.82, 2.24) is 5.32 Å². The molecule has 2 N–H and O–H groups in total. The Morgan fingerprint density at radius 1 is 1.00 bits per heavy atom. The first-order valence-electron chi connectivity index (χ1n) is 10.9. The number of nitrogens with one attached hydrogen (secondary N) is 1. The van der Waals surface area contributed by atoms with Gasteiger partial charge in [-0.1, -0.05) is 36.4 Å². The molecule has 0 heterocycles. The number of rotatable bonds is 8. The lowest BCUT2D eigenvalue weighted by molar-refractivity contribution is -0.144. The molecule has 0 bridgehead atoms. The van der Waals surface area contributed by atoms with Gasteiger partial charge in [-0.05, 0) is 59.5 Å². The zero-order chi connectivity index (χ0) is 23.4. The van der Waals surface area contributed by atoms with Gasteiger partial charge in [0, 0.05) is 24.8 Å². The number of aliphatic carboxylic acids is 1. The van der Waals surface area contributed by atoms with Crippen LogP contribution in [0.4, 0.5) is 0 Å². The van der Waals surface area contributed by atoms with E-state index in [9.17, 15) is 14.7 Å². The Morgan fingerprint density at radius 2 is 1.73 bits per heavy atom. The Labute approximate surface area is 193 Å². The van der Waals surface area contributed by atoms with E-state index in [4.69, 9.17) is 9.47 Å². The molecule has 0 unspecified atom stereocenters. The summed E-state index contributed by atoms with van der Waals surface area (Å²) in [4.78, 5) is 25.3. The molecule has 0 fully saturated rings. The van der Waals surface area contributed by atoms with Crippen molar-refractivity contribution >= 4 is 11.9 Å². The van der Waals surface area contributed by atoms with Crippen LogP contribution in [0, 0.1) is 6.92 Å². The second kappa shape index (κ2) is 9.36. The maximum absolute atomic E-state index is 13.1.